The van der Waals surface area contributed by atoms with Gasteiger partial charge in [0.1, 0.15) is 0 Å². The van der Waals surface area contributed by atoms with Gasteiger partial charge >= 0.3 is 0 Å². The second-order valence-electron chi connectivity index (χ2n) is 3.52. The van der Waals surface area contributed by atoms with Gasteiger partial charge in [-0.3, -0.25) is 0 Å². The molecule has 1 aromatic carbocycles. The van der Waals surface area contributed by atoms with Gasteiger partial charge in [0.15, 0.2) is 0 Å². The predicted molar refractivity (Wildman–Crippen MR) is 58.2 cm³/mol. The van der Waals surface area contributed by atoms with Gasteiger partial charge in [0.2, 0.25) is 0 Å². The van der Waals surface area contributed by atoms with Crippen LogP contribution >= 0.6 is 11.6 Å². The first-order valence-corrected chi connectivity index (χ1v) is 4.92. The molecule has 0 aromatic heterocycles. The largest absolute Gasteiger partial charge is 0.305 e. The number of halogens is 1. The molecular weight excluding hydrogens is 182 g/mol. The second kappa shape index (κ2) is 4.64. The summed E-state index contributed by atoms with van der Waals surface area (Å²) in [6, 6.07) is 10.5. The van der Waals surface area contributed by atoms with Crippen molar-refractivity contribution in [1.29, 1.82) is 0 Å². The fourth-order valence-electron chi connectivity index (χ4n) is 1.18. The van der Waals surface area contributed by atoms with E-state index < -0.39 is 0 Å². The third kappa shape index (κ3) is 2.71. The quantitative estimate of drug-likeness (QED) is 0.674. The lowest BCUT2D eigenvalue weighted by Gasteiger charge is -2.24. The van der Waals surface area contributed by atoms with E-state index in [9.17, 15) is 0 Å². The maximum atomic E-state index is 6.31. The molecule has 0 aliphatic rings. The smallest absolute Gasteiger partial charge is 0.0737 e. The van der Waals surface area contributed by atoms with Crippen LogP contribution in [0.4, 0.5) is 0 Å². The van der Waals surface area contributed by atoms with E-state index in [1.165, 1.54) is 5.56 Å². The summed E-state index contributed by atoms with van der Waals surface area (Å²) in [5.41, 5.74) is 1.19. The van der Waals surface area contributed by atoms with Crippen LogP contribution in [0.25, 0.3) is 0 Å². The van der Waals surface area contributed by atoms with Gasteiger partial charge in [0.05, 0.1) is 5.38 Å². The molecule has 0 unspecified atom stereocenters. The van der Waals surface area contributed by atoms with Crippen LogP contribution in [0.3, 0.4) is 0 Å². The Hall–Kier alpha value is -0.530. The average molecular weight is 198 g/mol. The summed E-state index contributed by atoms with van der Waals surface area (Å²) in [7, 11) is 4.09. The molecule has 1 rings (SSSR count). The number of nitrogens with zero attached hydrogens (tertiary/aromatic N) is 1. The van der Waals surface area contributed by atoms with Crippen molar-refractivity contribution >= 4 is 11.6 Å². The standard InChI is InChI=1S/C11H16ClN/c1-9(13(2)3)11(12)10-7-5-4-6-8-10/h4-9,11H,1-3H3/t9-,11+/m1/s1. The van der Waals surface area contributed by atoms with E-state index in [-0.39, 0.29) is 5.38 Å². The van der Waals surface area contributed by atoms with E-state index in [2.05, 4.69) is 24.0 Å². The number of hydrogen-bond donors (Lipinski definition) is 0. The zero-order valence-corrected chi connectivity index (χ0v) is 9.12. The first-order chi connectivity index (χ1) is 6.13. The van der Waals surface area contributed by atoms with E-state index in [1.807, 2.05) is 32.3 Å². The normalized spacial score (nSPS) is 15.8. The molecule has 2 atom stereocenters. The maximum absolute atomic E-state index is 6.31. The topological polar surface area (TPSA) is 3.24 Å². The number of rotatable bonds is 3. The molecule has 13 heavy (non-hydrogen) atoms. The Labute approximate surface area is 85.3 Å². The van der Waals surface area contributed by atoms with Gasteiger partial charge in [-0.1, -0.05) is 30.3 Å². The summed E-state index contributed by atoms with van der Waals surface area (Å²) in [6.45, 7) is 2.13. The summed E-state index contributed by atoms with van der Waals surface area (Å²) >= 11 is 6.31. The van der Waals surface area contributed by atoms with Crippen molar-refractivity contribution in [2.75, 3.05) is 14.1 Å². The van der Waals surface area contributed by atoms with Crippen LogP contribution in [0.15, 0.2) is 30.3 Å². The number of likely N-dealkylation sites (N-methyl/N-ethyl adjacent to an activating group) is 1. The molecular formula is C11H16ClN. The van der Waals surface area contributed by atoms with Crippen LogP contribution in [-0.2, 0) is 0 Å². The van der Waals surface area contributed by atoms with Crippen LogP contribution in [0.2, 0.25) is 0 Å². The summed E-state index contributed by atoms with van der Waals surface area (Å²) < 4.78 is 0. The third-order valence-electron chi connectivity index (χ3n) is 2.36. The Morgan fingerprint density at radius 2 is 1.69 bits per heavy atom. The minimum Gasteiger partial charge on any atom is -0.305 e. The lowest BCUT2D eigenvalue weighted by Crippen LogP contribution is -2.28. The van der Waals surface area contributed by atoms with Crippen molar-refractivity contribution in [1.82, 2.24) is 4.90 Å². The Bertz CT molecular complexity index is 246. The summed E-state index contributed by atoms with van der Waals surface area (Å²) in [5.74, 6) is 0. The van der Waals surface area contributed by atoms with Gasteiger partial charge in [-0.05, 0) is 26.6 Å². The van der Waals surface area contributed by atoms with Crippen molar-refractivity contribution in [3.63, 3.8) is 0 Å². The molecule has 0 amide bonds. The first-order valence-electron chi connectivity index (χ1n) is 4.48. The third-order valence-corrected chi connectivity index (χ3v) is 2.97. The Morgan fingerprint density at radius 1 is 1.15 bits per heavy atom. The zero-order valence-electron chi connectivity index (χ0n) is 8.37. The highest BCUT2D eigenvalue weighted by Gasteiger charge is 2.17. The highest BCUT2D eigenvalue weighted by molar-refractivity contribution is 6.21. The van der Waals surface area contributed by atoms with E-state index in [1.54, 1.807) is 0 Å². The molecule has 0 aliphatic heterocycles. The molecule has 0 bridgehead atoms. The lowest BCUT2D eigenvalue weighted by atomic mass is 10.1. The summed E-state index contributed by atoms with van der Waals surface area (Å²) in [6.07, 6.45) is 0. The molecule has 0 saturated heterocycles. The molecule has 2 heteroatoms. The van der Waals surface area contributed by atoms with Crippen molar-refractivity contribution < 1.29 is 0 Å². The van der Waals surface area contributed by atoms with Crippen LogP contribution in [-0.4, -0.2) is 25.0 Å². The summed E-state index contributed by atoms with van der Waals surface area (Å²) in [4.78, 5) is 2.13. The summed E-state index contributed by atoms with van der Waals surface area (Å²) in [5, 5.41) is 0.0659. The molecule has 0 saturated carbocycles. The van der Waals surface area contributed by atoms with Gasteiger partial charge in [0, 0.05) is 6.04 Å². The highest BCUT2D eigenvalue weighted by atomic mass is 35.5. The van der Waals surface area contributed by atoms with Crippen molar-refractivity contribution in [3.8, 4) is 0 Å². The molecule has 0 fully saturated rings. The van der Waals surface area contributed by atoms with E-state index in [4.69, 9.17) is 11.6 Å². The van der Waals surface area contributed by atoms with Crippen LogP contribution < -0.4 is 0 Å². The van der Waals surface area contributed by atoms with E-state index >= 15 is 0 Å². The SMILES string of the molecule is C[C@H]([C@H](Cl)c1ccccc1)N(C)C. The minimum absolute atomic E-state index is 0.0659. The number of alkyl halides is 1. The van der Waals surface area contributed by atoms with Crippen molar-refractivity contribution in [2.45, 2.75) is 18.3 Å². The van der Waals surface area contributed by atoms with Gasteiger partial charge in [-0.15, -0.1) is 11.6 Å². The molecule has 0 radical (unpaired) electrons. The van der Waals surface area contributed by atoms with E-state index in [0.29, 0.717) is 6.04 Å². The average Bonchev–Trinajstić information content (AvgIpc) is 2.17. The molecule has 1 nitrogen and oxygen atoms in total. The maximum Gasteiger partial charge on any atom is 0.0737 e. The molecule has 0 spiro atoms. The Balaban J connectivity index is 2.73. The fraction of sp³-hybridized carbons (Fsp3) is 0.455. The van der Waals surface area contributed by atoms with Crippen LogP contribution in [0.1, 0.15) is 17.9 Å². The van der Waals surface area contributed by atoms with Gasteiger partial charge in [-0.2, -0.15) is 0 Å². The molecule has 72 valence electrons. The van der Waals surface area contributed by atoms with Gasteiger partial charge in [0.25, 0.3) is 0 Å². The van der Waals surface area contributed by atoms with Crippen LogP contribution in [0.5, 0.6) is 0 Å². The molecule has 0 aliphatic carbocycles. The minimum atomic E-state index is 0.0659. The van der Waals surface area contributed by atoms with Gasteiger partial charge < -0.3 is 4.90 Å². The lowest BCUT2D eigenvalue weighted by molar-refractivity contribution is 0.306. The van der Waals surface area contributed by atoms with Crippen molar-refractivity contribution in [3.05, 3.63) is 35.9 Å². The van der Waals surface area contributed by atoms with E-state index in [0.717, 1.165) is 0 Å². The highest BCUT2D eigenvalue weighted by Crippen LogP contribution is 2.25. The number of benzene rings is 1. The Kier molecular flexibility index (Phi) is 3.76. The zero-order chi connectivity index (χ0) is 9.84. The molecule has 0 heterocycles. The predicted octanol–water partition coefficient (Wildman–Crippen LogP) is 2.92. The number of hydrogen-bond acceptors (Lipinski definition) is 1. The van der Waals surface area contributed by atoms with Gasteiger partial charge in [-0.25, -0.2) is 0 Å². The van der Waals surface area contributed by atoms with Crippen molar-refractivity contribution in [2.24, 2.45) is 0 Å². The fourth-order valence-corrected chi connectivity index (χ4v) is 1.55. The monoisotopic (exact) mass is 197 g/mol. The first kappa shape index (κ1) is 10.6. The second-order valence-corrected chi connectivity index (χ2v) is 3.99. The molecule has 0 N–H and O–H groups in total. The van der Waals surface area contributed by atoms with Crippen LogP contribution in [0, 0.1) is 0 Å². The Morgan fingerprint density at radius 3 is 2.15 bits per heavy atom. The molecule has 1 aromatic rings.